The molecular weight excluding hydrogens is 606 g/mol. The van der Waals surface area contributed by atoms with Gasteiger partial charge in [0.2, 0.25) is 0 Å². The molecule has 48 heavy (non-hydrogen) atoms. The molecule has 232 valence electrons. The van der Waals surface area contributed by atoms with Crippen molar-refractivity contribution in [1.82, 2.24) is 0 Å². The van der Waals surface area contributed by atoms with Crippen molar-refractivity contribution >= 4 is 62.8 Å². The summed E-state index contributed by atoms with van der Waals surface area (Å²) in [7, 11) is -4.11. The van der Waals surface area contributed by atoms with Crippen LogP contribution in [0.3, 0.4) is 0 Å². The predicted molar refractivity (Wildman–Crippen MR) is 201 cm³/mol. The first kappa shape index (κ1) is 31.4. The molecule has 8 rings (SSSR count). The molecule has 0 aliphatic carbocycles. The maximum Gasteiger partial charge on any atom is 0.133 e. The first-order chi connectivity index (χ1) is 23.6. The van der Waals surface area contributed by atoms with Crippen molar-refractivity contribution in [2.45, 2.75) is 6.16 Å². The van der Waals surface area contributed by atoms with Gasteiger partial charge in [-0.1, -0.05) is 133 Å². The maximum atomic E-state index is 10.9. The van der Waals surface area contributed by atoms with Crippen LogP contribution in [0.2, 0.25) is 0 Å². The van der Waals surface area contributed by atoms with E-state index in [2.05, 4.69) is 140 Å². The first-order valence-electron chi connectivity index (χ1n) is 16.0. The van der Waals surface area contributed by atoms with Crippen LogP contribution in [0.25, 0.3) is 32.3 Å². The van der Waals surface area contributed by atoms with Gasteiger partial charge in [0.1, 0.15) is 36.2 Å². The molecule has 8 aromatic carbocycles. The molecule has 0 N–H and O–H groups in total. The molecule has 0 aliphatic heterocycles. The number of hydrogen-bond donors (Lipinski definition) is 0. The molecule has 5 heteroatoms. The lowest BCUT2D eigenvalue weighted by atomic mass is 9.97. The molecule has 0 heterocycles. The number of rotatable bonds is 7. The Kier molecular flexibility index (Phi) is 9.31. The van der Waals surface area contributed by atoms with Crippen molar-refractivity contribution in [2.24, 2.45) is 0 Å². The Bertz CT molecular complexity index is 2170. The van der Waals surface area contributed by atoms with Crippen LogP contribution in [0, 0.1) is 0 Å². The van der Waals surface area contributed by atoms with Crippen LogP contribution in [0.15, 0.2) is 188 Å². The number of benzene rings is 8. The molecule has 0 spiro atoms. The molecule has 0 aliphatic rings. The minimum absolute atomic E-state index is 0.341. The zero-order valence-corrected chi connectivity index (χ0v) is 27.2. The van der Waals surface area contributed by atoms with Crippen LogP contribution >= 0.6 is 7.26 Å². The fourth-order valence-corrected chi connectivity index (χ4v) is 10.8. The first-order valence-corrected chi connectivity index (χ1v) is 18.0. The van der Waals surface area contributed by atoms with E-state index in [1.54, 1.807) is 12.1 Å². The largest absolute Gasteiger partial charge is 0.860 e. The molecule has 0 fully saturated rings. The average molecular weight is 640 g/mol. The lowest BCUT2D eigenvalue weighted by Gasteiger charge is -2.27. The van der Waals surface area contributed by atoms with Gasteiger partial charge in [0.05, 0.1) is 6.16 Å². The van der Waals surface area contributed by atoms with Crippen molar-refractivity contribution in [3.63, 3.8) is 0 Å². The zero-order chi connectivity index (χ0) is 32.8. The molecule has 0 atom stereocenters. The van der Waals surface area contributed by atoms with Crippen LogP contribution in [0.5, 0.6) is 5.75 Å². The van der Waals surface area contributed by atoms with Gasteiger partial charge in [0.25, 0.3) is 0 Å². The van der Waals surface area contributed by atoms with E-state index >= 15 is 0 Å². The highest BCUT2D eigenvalue weighted by atomic mass is 31.2. The summed E-state index contributed by atoms with van der Waals surface area (Å²) in [5.41, 5.74) is 1.39. The van der Waals surface area contributed by atoms with Gasteiger partial charge in [-0.25, -0.2) is 0 Å². The Morgan fingerprint density at radius 2 is 0.896 bits per heavy atom. The van der Waals surface area contributed by atoms with Crippen molar-refractivity contribution in [3.8, 4) is 5.75 Å². The summed E-state index contributed by atoms with van der Waals surface area (Å²) < 4.78 is 4.94. The summed E-state index contributed by atoms with van der Waals surface area (Å²) in [6.07, 6.45) is 1.03. The predicted octanol–water partition coefficient (Wildman–Crippen LogP) is 7.41. The third kappa shape index (κ3) is 6.47. The lowest BCUT2D eigenvalue weighted by Crippen LogP contribution is -2.50. The molecule has 0 aromatic heterocycles. The van der Waals surface area contributed by atoms with E-state index in [1.807, 2.05) is 36.4 Å². The molecule has 0 amide bonds. The van der Waals surface area contributed by atoms with Crippen LogP contribution < -0.4 is 30.6 Å². The molecule has 3 nitrogen and oxygen atoms in total. The topological polar surface area (TPSA) is 55.3 Å². The highest BCUT2D eigenvalue weighted by Crippen LogP contribution is 2.58. The van der Waals surface area contributed by atoms with Gasteiger partial charge in [-0.2, -0.15) is 0 Å². The smallest absolute Gasteiger partial charge is 0.133 e. The van der Waals surface area contributed by atoms with Gasteiger partial charge in [-0.05, 0) is 87.1 Å². The molecule has 0 bridgehead atoms. The number of hydrogen-bond acceptors (Lipinski definition) is 3. The second-order valence-corrected chi connectivity index (χ2v) is 15.2. The molecule has 0 radical (unpaired) electrons. The standard InChI is InChI=1S/C25H22P.C18H11BO3/c1-5-13-22(14-6-1)21-26(23-15-7-2-8-16-23,24-17-9-3-10-18-24)25-19-11-4-12-20-25;20-19(21)22-17-7-3-6-12-8-9-15-10-13-4-1-2-5-14(13)11-16(15)18(12)17/h1-20H,21H2;1-11H/q+1;-2. The Balaban J connectivity index is 0.000000154. The Morgan fingerprint density at radius 1 is 0.438 bits per heavy atom. The summed E-state index contributed by atoms with van der Waals surface area (Å²) in [4.78, 5) is 0. The summed E-state index contributed by atoms with van der Waals surface area (Å²) >= 11 is 0. The molecule has 0 saturated heterocycles. The Labute approximate surface area is 282 Å². The minimum atomic E-state index is -2.33. The van der Waals surface area contributed by atoms with Crippen LogP contribution in [0.1, 0.15) is 5.56 Å². The van der Waals surface area contributed by atoms with E-state index in [-0.39, 0.29) is 0 Å². The monoisotopic (exact) mass is 639 g/mol. The lowest BCUT2D eigenvalue weighted by molar-refractivity contribution is -0.372. The second-order valence-electron chi connectivity index (χ2n) is 11.7. The maximum absolute atomic E-state index is 10.9. The van der Waals surface area contributed by atoms with Gasteiger partial charge < -0.3 is 14.7 Å². The quantitative estimate of drug-likeness (QED) is 0.0790. The van der Waals surface area contributed by atoms with Gasteiger partial charge >= 0.3 is 0 Å². The summed E-state index contributed by atoms with van der Waals surface area (Å²) in [6, 6.07) is 65.7. The van der Waals surface area contributed by atoms with Gasteiger partial charge in [-0.15, -0.1) is 0 Å². The second kappa shape index (κ2) is 14.3. The Hall–Kier alpha value is -5.25. The van der Waals surface area contributed by atoms with E-state index in [0.717, 1.165) is 38.5 Å². The fraction of sp³-hybridized carbons (Fsp3) is 0.0233. The zero-order valence-electron chi connectivity index (χ0n) is 26.4. The highest BCUT2D eigenvalue weighted by Gasteiger charge is 2.45. The van der Waals surface area contributed by atoms with Crippen LogP contribution in [-0.4, -0.2) is 7.32 Å². The fourth-order valence-electron chi connectivity index (χ4n) is 6.59. The molecule has 0 saturated carbocycles. The van der Waals surface area contributed by atoms with Crippen LogP contribution in [0.4, 0.5) is 0 Å². The normalized spacial score (nSPS) is 11.2. The third-order valence-corrected chi connectivity index (χ3v) is 13.1. The highest BCUT2D eigenvalue weighted by molar-refractivity contribution is 7.95. The SMILES string of the molecule is [O-]B([O-])Oc1cccc2ccc3cc4ccccc4cc3c12.c1ccc(C[P+](c2ccccc2)(c2ccccc2)c2ccccc2)cc1. The van der Waals surface area contributed by atoms with E-state index in [0.29, 0.717) is 5.75 Å². The molecule has 8 aromatic rings. The van der Waals surface area contributed by atoms with E-state index in [1.165, 1.54) is 21.5 Å². The molecular formula is C43H33BO3P-. The van der Waals surface area contributed by atoms with Crippen molar-refractivity contribution in [1.29, 1.82) is 0 Å². The minimum Gasteiger partial charge on any atom is -0.860 e. The van der Waals surface area contributed by atoms with Crippen LogP contribution in [-0.2, 0) is 6.16 Å². The third-order valence-electron chi connectivity index (χ3n) is 8.76. The molecule has 0 unspecified atom stereocenters. The van der Waals surface area contributed by atoms with Crippen molar-refractivity contribution in [3.05, 3.63) is 194 Å². The van der Waals surface area contributed by atoms with E-state index in [9.17, 15) is 10.0 Å². The Morgan fingerprint density at radius 3 is 1.44 bits per heavy atom. The summed E-state index contributed by atoms with van der Waals surface area (Å²) in [6.45, 7) is 0. The van der Waals surface area contributed by atoms with E-state index in [4.69, 9.17) is 4.65 Å². The van der Waals surface area contributed by atoms with Gasteiger partial charge in [-0.3, -0.25) is 0 Å². The van der Waals surface area contributed by atoms with Gasteiger partial charge in [0, 0.05) is 5.39 Å². The van der Waals surface area contributed by atoms with Crippen molar-refractivity contribution in [2.75, 3.05) is 0 Å². The average Bonchev–Trinajstić information content (AvgIpc) is 3.14. The summed E-state index contributed by atoms with van der Waals surface area (Å²) in [5.74, 6) is 0.341. The van der Waals surface area contributed by atoms with Gasteiger partial charge in [0.15, 0.2) is 0 Å². The summed E-state index contributed by atoms with van der Waals surface area (Å²) in [5, 5.41) is 32.2. The van der Waals surface area contributed by atoms with E-state index < -0.39 is 14.6 Å². The van der Waals surface area contributed by atoms with Crippen molar-refractivity contribution < 1.29 is 14.7 Å². The number of fused-ring (bicyclic) bond motifs is 4.